The predicted molar refractivity (Wildman–Crippen MR) is 196 cm³/mol. The van der Waals surface area contributed by atoms with Gasteiger partial charge in [0.15, 0.2) is 0 Å². The molecule has 0 bridgehead atoms. The number of alkyl carbamates (subject to hydrolysis) is 1. The molecule has 13 nitrogen and oxygen atoms in total. The minimum atomic E-state index is -1.23. The van der Waals surface area contributed by atoms with Gasteiger partial charge in [0.25, 0.3) is 0 Å². The Morgan fingerprint density at radius 3 is 2.22 bits per heavy atom. The third kappa shape index (κ3) is 15.4. The molecule has 2 aromatic carbocycles. The molecule has 2 rings (SSSR count). The molecular formula is C38H58N4O9. The Morgan fingerprint density at radius 2 is 1.55 bits per heavy atom. The summed E-state index contributed by atoms with van der Waals surface area (Å²) in [5, 5.41) is 33.7. The van der Waals surface area contributed by atoms with Crippen LogP contribution in [0.3, 0.4) is 0 Å². The van der Waals surface area contributed by atoms with Crippen LogP contribution in [0.4, 0.5) is 4.79 Å². The second-order valence-corrected chi connectivity index (χ2v) is 13.1. The lowest BCUT2D eigenvalue weighted by molar-refractivity contribution is -0.131. The van der Waals surface area contributed by atoms with Gasteiger partial charge in [0.05, 0.1) is 51.0 Å². The van der Waals surface area contributed by atoms with Crippen molar-refractivity contribution < 1.29 is 43.6 Å². The van der Waals surface area contributed by atoms with Crippen LogP contribution in [0.1, 0.15) is 58.9 Å². The summed E-state index contributed by atoms with van der Waals surface area (Å²) in [6.45, 7) is 12.1. The first-order chi connectivity index (χ1) is 24.4. The van der Waals surface area contributed by atoms with E-state index in [1.807, 2.05) is 70.2 Å². The van der Waals surface area contributed by atoms with Crippen molar-refractivity contribution in [2.45, 2.75) is 90.1 Å². The van der Waals surface area contributed by atoms with Crippen LogP contribution in [0.15, 0.2) is 55.1 Å². The van der Waals surface area contributed by atoms with Crippen LogP contribution in [0.25, 0.3) is 10.8 Å². The molecule has 0 aliphatic rings. The van der Waals surface area contributed by atoms with Crippen LogP contribution in [-0.4, -0.2) is 104 Å². The molecule has 0 fully saturated rings. The summed E-state index contributed by atoms with van der Waals surface area (Å²) in [6.07, 6.45) is 0.397. The minimum absolute atomic E-state index is 0.0337. The normalized spacial score (nSPS) is 14.8. The molecule has 0 aliphatic carbocycles. The first-order valence-corrected chi connectivity index (χ1v) is 17.7. The number of nitrogens with one attached hydrogen (secondary N) is 4. The average molecular weight is 715 g/mol. The summed E-state index contributed by atoms with van der Waals surface area (Å²) >= 11 is 0. The Labute approximate surface area is 301 Å². The number of aliphatic hydroxyl groups excluding tert-OH is 2. The lowest BCUT2D eigenvalue weighted by Gasteiger charge is -2.29. The summed E-state index contributed by atoms with van der Waals surface area (Å²) in [4.78, 5) is 53.2. The lowest BCUT2D eigenvalue weighted by atomic mass is 9.95. The number of aliphatic hydroxyl groups is 2. The van der Waals surface area contributed by atoms with Crippen LogP contribution >= 0.6 is 0 Å². The van der Waals surface area contributed by atoms with Crippen LogP contribution in [-0.2, 0) is 35.0 Å². The average Bonchev–Trinajstić information content (AvgIpc) is 3.10. The fourth-order valence-electron chi connectivity index (χ4n) is 5.55. The van der Waals surface area contributed by atoms with E-state index < -0.39 is 54.1 Å². The first-order valence-electron chi connectivity index (χ1n) is 17.7. The molecule has 51 heavy (non-hydrogen) atoms. The van der Waals surface area contributed by atoms with Gasteiger partial charge in [0.1, 0.15) is 18.7 Å². The first kappa shape index (κ1) is 43.1. The third-order valence-corrected chi connectivity index (χ3v) is 8.63. The molecule has 0 aromatic heterocycles. The molecule has 0 radical (unpaired) electrons. The molecule has 0 saturated heterocycles. The predicted octanol–water partition coefficient (Wildman–Crippen LogP) is 3.01. The van der Waals surface area contributed by atoms with Crippen molar-refractivity contribution in [2.75, 3.05) is 40.1 Å². The van der Waals surface area contributed by atoms with Crippen LogP contribution in [0.2, 0.25) is 0 Å². The number of rotatable bonds is 24. The smallest absolute Gasteiger partial charge is 0.407 e. The van der Waals surface area contributed by atoms with Gasteiger partial charge >= 0.3 is 6.09 Å². The zero-order chi connectivity index (χ0) is 37.8. The molecular weight excluding hydrogens is 656 g/mol. The van der Waals surface area contributed by atoms with Crippen molar-refractivity contribution in [2.24, 2.45) is 11.8 Å². The largest absolute Gasteiger partial charge is 0.447 e. The van der Waals surface area contributed by atoms with Gasteiger partial charge < -0.3 is 45.7 Å². The monoisotopic (exact) mass is 714 g/mol. The van der Waals surface area contributed by atoms with Crippen molar-refractivity contribution in [1.82, 2.24) is 21.3 Å². The molecule has 0 unspecified atom stereocenters. The van der Waals surface area contributed by atoms with E-state index in [9.17, 15) is 29.4 Å². The molecule has 284 valence electrons. The second kappa shape index (κ2) is 23.4. The summed E-state index contributed by atoms with van der Waals surface area (Å²) in [5.41, 5.74) is 0.802. The highest BCUT2D eigenvalue weighted by molar-refractivity contribution is 5.93. The Kier molecular flexibility index (Phi) is 19.8. The number of benzene rings is 2. The van der Waals surface area contributed by atoms with Crippen molar-refractivity contribution in [3.05, 3.63) is 60.7 Å². The highest BCUT2D eigenvalue weighted by atomic mass is 16.6. The molecule has 0 heterocycles. The van der Waals surface area contributed by atoms with Crippen molar-refractivity contribution >= 4 is 34.6 Å². The maximum atomic E-state index is 13.9. The number of carbonyl (C=O) groups excluding carboxylic acids is 4. The number of fused-ring (bicyclic) bond motifs is 1. The summed E-state index contributed by atoms with van der Waals surface area (Å²) < 4.78 is 15.5. The maximum absolute atomic E-state index is 13.9. The van der Waals surface area contributed by atoms with E-state index in [0.29, 0.717) is 19.6 Å². The van der Waals surface area contributed by atoms with E-state index in [0.717, 1.165) is 22.8 Å². The highest BCUT2D eigenvalue weighted by Gasteiger charge is 2.31. The minimum Gasteiger partial charge on any atom is -0.447 e. The zero-order valence-electron chi connectivity index (χ0n) is 30.7. The van der Waals surface area contributed by atoms with E-state index in [1.54, 1.807) is 7.11 Å². The number of methoxy groups -OCH3 is 1. The molecule has 0 aliphatic heterocycles. The summed E-state index contributed by atoms with van der Waals surface area (Å²) in [7, 11) is 1.55. The Balaban J connectivity index is 2.22. The Morgan fingerprint density at radius 1 is 0.863 bits per heavy atom. The van der Waals surface area contributed by atoms with Gasteiger partial charge in [-0.15, -0.1) is 6.58 Å². The molecule has 6 atom stereocenters. The zero-order valence-corrected chi connectivity index (χ0v) is 30.7. The molecule has 0 spiro atoms. The van der Waals surface area contributed by atoms with E-state index in [2.05, 4.69) is 27.8 Å². The fourth-order valence-corrected chi connectivity index (χ4v) is 5.55. The summed E-state index contributed by atoms with van der Waals surface area (Å²) in [6, 6.07) is 9.87. The van der Waals surface area contributed by atoms with Crippen molar-refractivity contribution in [3.63, 3.8) is 0 Å². The lowest BCUT2D eigenvalue weighted by Crippen LogP contribution is -2.57. The van der Waals surface area contributed by atoms with E-state index in [-0.39, 0.29) is 50.9 Å². The van der Waals surface area contributed by atoms with Crippen molar-refractivity contribution in [3.8, 4) is 0 Å². The van der Waals surface area contributed by atoms with Crippen LogP contribution in [0.5, 0.6) is 0 Å². The number of ether oxygens (including phenoxy) is 3. The Bertz CT molecular complexity index is 1380. The topological polar surface area (TPSA) is 185 Å². The quantitative estimate of drug-likeness (QED) is 0.0703. The van der Waals surface area contributed by atoms with Gasteiger partial charge in [-0.3, -0.25) is 14.4 Å². The SMILES string of the molecule is C=CC[C@H](NC(=O)[C@H](Cc1cccc2ccccc12)NC(=O)OCCOCCOC)C(=O)N[C@@H](CC(C)C)[C@@H](O)CC(=O)N[C@H](CO)[C@@H](C)CC. The van der Waals surface area contributed by atoms with Gasteiger partial charge in [-0.25, -0.2) is 4.79 Å². The van der Waals surface area contributed by atoms with Gasteiger partial charge in [-0.05, 0) is 41.0 Å². The fraction of sp³-hybridized carbons (Fsp3) is 0.579. The van der Waals surface area contributed by atoms with E-state index >= 15 is 0 Å². The standard InChI is InChI=1S/C38H58N4O9/c1-7-12-30(36(46)41-31(21-25(3)4)34(44)23-35(45)39-33(24-43)26(5)8-2)40-37(47)32(42-38(48)51-20-19-50-18-17-49-6)22-28-15-11-14-27-13-9-10-16-29(27)28/h7,9-11,13-16,25-26,30-34,43-44H,1,8,12,17-24H2,2-6H3,(H,39,45)(H,40,47)(H,41,46)(H,42,48)/t26-,30-,31-,32-,33+,34-/m0/s1. The molecule has 2 aromatic rings. The molecule has 6 N–H and O–H groups in total. The number of amides is 4. The van der Waals surface area contributed by atoms with Crippen LogP contribution in [0, 0.1) is 11.8 Å². The third-order valence-electron chi connectivity index (χ3n) is 8.63. The number of hydrogen-bond donors (Lipinski definition) is 6. The van der Waals surface area contributed by atoms with Gasteiger partial charge in [-0.1, -0.05) is 82.7 Å². The van der Waals surface area contributed by atoms with Crippen molar-refractivity contribution in [1.29, 1.82) is 0 Å². The number of carbonyl (C=O) groups is 4. The highest BCUT2D eigenvalue weighted by Crippen LogP contribution is 2.20. The van der Waals surface area contributed by atoms with E-state index in [1.165, 1.54) is 6.08 Å². The van der Waals surface area contributed by atoms with E-state index in [4.69, 9.17) is 14.2 Å². The number of hydrogen-bond acceptors (Lipinski definition) is 9. The molecule has 13 heteroatoms. The molecule has 0 saturated carbocycles. The second-order valence-electron chi connectivity index (χ2n) is 13.1. The van der Waals surface area contributed by atoms with Gasteiger partial charge in [0.2, 0.25) is 17.7 Å². The van der Waals surface area contributed by atoms with Crippen LogP contribution < -0.4 is 21.3 Å². The molecule has 4 amide bonds. The Hall–Kier alpha value is -4.04. The van der Waals surface area contributed by atoms with Gasteiger partial charge in [-0.2, -0.15) is 0 Å². The van der Waals surface area contributed by atoms with Gasteiger partial charge in [0, 0.05) is 13.5 Å². The maximum Gasteiger partial charge on any atom is 0.407 e. The summed E-state index contributed by atoms with van der Waals surface area (Å²) in [5.74, 6) is -1.57.